The van der Waals surface area contributed by atoms with E-state index in [-0.39, 0.29) is 22.3 Å². The van der Waals surface area contributed by atoms with E-state index in [0.29, 0.717) is 0 Å². The molecule has 0 saturated heterocycles. The molecule has 0 spiro atoms. The van der Waals surface area contributed by atoms with Gasteiger partial charge in [0.25, 0.3) is 0 Å². The third-order valence-corrected chi connectivity index (χ3v) is 4.43. The molecule has 5 aromatic carbocycles. The Hall–Kier alpha value is -4.92. The molecule has 0 aliphatic carbocycles. The molecule has 0 bridgehead atoms. The van der Waals surface area contributed by atoms with E-state index in [1.54, 1.807) is 6.07 Å². The summed E-state index contributed by atoms with van der Waals surface area (Å²) in [4.78, 5) is 2.75. The van der Waals surface area contributed by atoms with E-state index in [0.717, 1.165) is 0 Å². The summed E-state index contributed by atoms with van der Waals surface area (Å²) in [7, 11) is 1.42. The van der Waals surface area contributed by atoms with Crippen LogP contribution in [-0.2, 0) is 0 Å². The zero-order valence-electron chi connectivity index (χ0n) is 32.9. The Kier molecular flexibility index (Phi) is 95.1. The first kappa shape index (κ1) is 68.1. The van der Waals surface area contributed by atoms with Crippen LogP contribution in [0.3, 0.4) is 0 Å². The van der Waals surface area contributed by atoms with E-state index in [9.17, 15) is 0 Å². The highest BCUT2D eigenvalue weighted by molar-refractivity contribution is 5.63. The summed E-state index contributed by atoms with van der Waals surface area (Å²) in [6.45, 7) is 31.3. The number of nitrogens with zero attached hydrogens (tertiary/aromatic N) is 2. The molecule has 0 aliphatic rings. The highest BCUT2D eigenvalue weighted by Gasteiger charge is 1.92. The molecule has 0 heterocycles. The van der Waals surface area contributed by atoms with Gasteiger partial charge in [0.2, 0.25) is 7.05 Å². The molecule has 0 unspecified atom stereocenters. The lowest BCUT2D eigenvalue weighted by molar-refractivity contribution is 1.49. The highest BCUT2D eigenvalue weighted by Crippen LogP contribution is 2.18. The lowest BCUT2D eigenvalue weighted by atomic mass is 10.1. The zero-order valence-corrected chi connectivity index (χ0v) is 32.9. The minimum Gasteiger partial charge on any atom is -0.320 e. The van der Waals surface area contributed by atoms with Gasteiger partial charge < -0.3 is 4.85 Å². The first-order valence-electron chi connectivity index (χ1n) is 17.5. The average Bonchev–Trinajstić information content (AvgIpc) is 3.23. The molecule has 0 amide bonds. The third kappa shape index (κ3) is 49.6. The largest absolute Gasteiger partial charge is 0.320 e. The van der Waals surface area contributed by atoms with Crippen molar-refractivity contribution < 1.29 is 0 Å². The molecule has 0 N–H and O–H groups in total. The van der Waals surface area contributed by atoms with Crippen LogP contribution in [0.25, 0.3) is 27.1 Å². The predicted molar refractivity (Wildman–Crippen MR) is 242 cm³/mol. The highest BCUT2D eigenvalue weighted by atomic mass is 14.5. The smallest absolute Gasteiger partial charge is 0.205 e. The standard InChI is InChI=1S/2C12H10.C6H6.2C2H3N.6C2H6.3CH4/c2*1-3-7-11(8-4-1)12-9-5-2-6-10-12;1-2-4-6-5-3-1;1-3-2;1-2-3;6*1-2;;;/h2*1-10H;1-6H;2*1H3;6*1-2H3;3*1H4. The number of benzene rings is 5. The van der Waals surface area contributed by atoms with E-state index in [1.165, 1.54) is 36.2 Å². The Morgan fingerprint density at radius 3 is 0.529 bits per heavy atom. The van der Waals surface area contributed by atoms with E-state index in [2.05, 4.69) is 102 Å². The van der Waals surface area contributed by atoms with Gasteiger partial charge in [-0.1, -0.05) is 263 Å². The number of nitriles is 1. The zero-order chi connectivity index (χ0) is 38.1. The first-order chi connectivity index (χ1) is 23.8. The van der Waals surface area contributed by atoms with E-state index in [1.807, 2.05) is 144 Å². The van der Waals surface area contributed by atoms with Crippen LogP contribution in [0.4, 0.5) is 0 Å². The molecule has 2 heteroatoms. The van der Waals surface area contributed by atoms with Crippen molar-refractivity contribution in [3.8, 4) is 28.3 Å². The fourth-order valence-corrected chi connectivity index (χ4v) is 2.91. The first-order valence-corrected chi connectivity index (χ1v) is 17.5. The summed E-state index contributed by atoms with van der Waals surface area (Å²) in [5, 5.41) is 7.32. The lowest BCUT2D eigenvalue weighted by Crippen LogP contribution is -1.73. The molecule has 5 rings (SSSR count). The third-order valence-electron chi connectivity index (χ3n) is 4.43. The van der Waals surface area contributed by atoms with Gasteiger partial charge in [0.15, 0.2) is 0 Å². The van der Waals surface area contributed by atoms with Crippen molar-refractivity contribution in [2.75, 3.05) is 7.05 Å². The molecular formula is C49H80N2. The van der Waals surface area contributed by atoms with Crippen LogP contribution in [0.1, 0.15) is 112 Å². The van der Waals surface area contributed by atoms with E-state index >= 15 is 0 Å². The summed E-state index contributed by atoms with van der Waals surface area (Å²) in [6.07, 6.45) is 0. The van der Waals surface area contributed by atoms with Gasteiger partial charge in [-0.2, -0.15) is 5.26 Å². The predicted octanol–water partition coefficient (Wildman–Crippen LogP) is 17.5. The van der Waals surface area contributed by atoms with Crippen molar-refractivity contribution in [1.29, 1.82) is 5.26 Å². The van der Waals surface area contributed by atoms with Gasteiger partial charge in [-0.3, -0.25) is 0 Å². The molecular weight excluding hydrogens is 617 g/mol. The maximum absolute atomic E-state index is 7.32. The van der Waals surface area contributed by atoms with Crippen molar-refractivity contribution in [1.82, 2.24) is 0 Å². The monoisotopic (exact) mass is 697 g/mol. The second-order valence-electron chi connectivity index (χ2n) is 7.07. The molecule has 0 aromatic heterocycles. The SMILES string of the molecule is C.C.C.CC.CC.CC.CC.CC.CC.CC#N.[C-]#[N+]C.c1ccc(-c2ccccc2)cc1.c1ccc(-c2ccccc2)cc1.c1ccccc1. The average molecular weight is 697 g/mol. The molecule has 286 valence electrons. The van der Waals surface area contributed by atoms with E-state index in [4.69, 9.17) is 11.8 Å². The van der Waals surface area contributed by atoms with Gasteiger partial charge >= 0.3 is 0 Å². The van der Waals surface area contributed by atoms with Crippen LogP contribution in [0, 0.1) is 17.9 Å². The van der Waals surface area contributed by atoms with Gasteiger partial charge in [0.05, 0.1) is 6.07 Å². The quantitative estimate of drug-likeness (QED) is 0.169. The molecule has 5 aromatic rings. The normalized spacial score (nSPS) is 6.51. The van der Waals surface area contributed by atoms with Gasteiger partial charge in [-0.05, 0) is 22.3 Å². The van der Waals surface area contributed by atoms with Crippen LogP contribution in [0.5, 0.6) is 0 Å². The Balaban J connectivity index is -0.0000000603. The van der Waals surface area contributed by atoms with Gasteiger partial charge in [-0.15, -0.1) is 0 Å². The van der Waals surface area contributed by atoms with Crippen molar-refractivity contribution in [2.45, 2.75) is 112 Å². The molecule has 0 aliphatic heterocycles. The molecule has 0 atom stereocenters. The molecule has 0 saturated carbocycles. The molecule has 51 heavy (non-hydrogen) atoms. The topological polar surface area (TPSA) is 28.1 Å². The maximum Gasteiger partial charge on any atom is 0.205 e. The van der Waals surface area contributed by atoms with Gasteiger partial charge in [0, 0.05) is 6.92 Å². The van der Waals surface area contributed by atoms with Crippen LogP contribution >= 0.6 is 0 Å². The lowest BCUT2D eigenvalue weighted by Gasteiger charge is -1.98. The molecule has 2 nitrogen and oxygen atoms in total. The van der Waals surface area contributed by atoms with Crippen LogP contribution in [0.15, 0.2) is 158 Å². The fraction of sp³-hybridized carbons (Fsp3) is 0.347. The number of hydrogen-bond acceptors (Lipinski definition) is 1. The van der Waals surface area contributed by atoms with Crippen molar-refractivity contribution >= 4 is 0 Å². The molecule has 0 radical (unpaired) electrons. The Morgan fingerprint density at radius 1 is 0.353 bits per heavy atom. The van der Waals surface area contributed by atoms with Crippen molar-refractivity contribution in [3.63, 3.8) is 0 Å². The van der Waals surface area contributed by atoms with Crippen LogP contribution in [0.2, 0.25) is 0 Å². The minimum absolute atomic E-state index is 0. The van der Waals surface area contributed by atoms with E-state index < -0.39 is 0 Å². The second-order valence-corrected chi connectivity index (χ2v) is 7.07. The van der Waals surface area contributed by atoms with Crippen molar-refractivity contribution in [2.24, 2.45) is 0 Å². The Labute approximate surface area is 321 Å². The number of hydrogen-bond donors (Lipinski definition) is 0. The Bertz CT molecular complexity index is 1040. The Morgan fingerprint density at radius 2 is 0.431 bits per heavy atom. The minimum atomic E-state index is 0. The summed E-state index contributed by atoms with van der Waals surface area (Å²) in [5.41, 5.74) is 5.10. The fourth-order valence-electron chi connectivity index (χ4n) is 2.91. The second kappa shape index (κ2) is 71.2. The maximum atomic E-state index is 7.32. The summed E-state index contributed by atoms with van der Waals surface area (Å²) in [5.74, 6) is 0. The summed E-state index contributed by atoms with van der Waals surface area (Å²) in [6, 6.07) is 55.3. The summed E-state index contributed by atoms with van der Waals surface area (Å²) < 4.78 is 0. The van der Waals surface area contributed by atoms with Gasteiger partial charge in [-0.25, -0.2) is 6.57 Å². The summed E-state index contributed by atoms with van der Waals surface area (Å²) >= 11 is 0. The number of rotatable bonds is 2. The molecule has 0 fully saturated rings. The van der Waals surface area contributed by atoms with Gasteiger partial charge in [0.1, 0.15) is 0 Å². The van der Waals surface area contributed by atoms with Crippen LogP contribution in [-0.4, -0.2) is 7.05 Å². The van der Waals surface area contributed by atoms with Crippen LogP contribution < -0.4 is 0 Å². The van der Waals surface area contributed by atoms with Crippen molar-refractivity contribution in [3.05, 3.63) is 169 Å².